The molecule has 2 aliphatic rings. The van der Waals surface area contributed by atoms with Gasteiger partial charge in [-0.3, -0.25) is 9.59 Å². The molecule has 1 N–H and O–H groups in total. The summed E-state index contributed by atoms with van der Waals surface area (Å²) in [6.07, 6.45) is 11.3. The van der Waals surface area contributed by atoms with Crippen molar-refractivity contribution in [2.75, 3.05) is 7.11 Å². The summed E-state index contributed by atoms with van der Waals surface area (Å²) in [5, 5.41) is 10.4. The fourth-order valence-electron chi connectivity index (χ4n) is 4.85. The summed E-state index contributed by atoms with van der Waals surface area (Å²) in [6.45, 7) is 0. The number of hydrogen-bond acceptors (Lipinski definition) is 4. The Kier molecular flexibility index (Phi) is 8.05. The second-order valence-corrected chi connectivity index (χ2v) is 8.53. The molecule has 3 atom stereocenters. The highest BCUT2D eigenvalue weighted by Gasteiger charge is 2.32. The number of hydrogen-bond donors (Lipinski definition) is 1. The minimum Gasteiger partial charge on any atom is -0.469 e. The van der Waals surface area contributed by atoms with Crippen LogP contribution in [0.3, 0.4) is 0 Å². The molecular formula is C25H34O4. The molecule has 3 rings (SSSR count). The summed E-state index contributed by atoms with van der Waals surface area (Å²) in [5.74, 6) is 0.393. The molecule has 0 bridgehead atoms. The van der Waals surface area contributed by atoms with E-state index in [9.17, 15) is 14.7 Å². The first-order valence-electron chi connectivity index (χ1n) is 11.1. The molecule has 4 nitrogen and oxygen atoms in total. The number of aliphatic hydroxyl groups excluding tert-OH is 1. The Hall–Kier alpha value is -1.94. The molecule has 0 aromatic heterocycles. The van der Waals surface area contributed by atoms with Gasteiger partial charge in [0.25, 0.3) is 0 Å². The van der Waals surface area contributed by atoms with Gasteiger partial charge in [-0.2, -0.15) is 0 Å². The Labute approximate surface area is 174 Å². The van der Waals surface area contributed by atoms with E-state index in [2.05, 4.69) is 18.2 Å². The van der Waals surface area contributed by atoms with E-state index in [0.717, 1.165) is 63.4 Å². The third-order valence-corrected chi connectivity index (χ3v) is 6.55. The average molecular weight is 399 g/mol. The van der Waals surface area contributed by atoms with Crippen LogP contribution in [0.1, 0.15) is 68.9 Å². The third kappa shape index (κ3) is 6.02. The summed E-state index contributed by atoms with van der Waals surface area (Å²) in [6, 6.07) is 8.29. The molecule has 0 aliphatic heterocycles. The molecule has 0 amide bonds. The number of methoxy groups -OCH3 is 1. The lowest BCUT2D eigenvalue weighted by Gasteiger charge is -2.31. The first-order chi connectivity index (χ1) is 14.1. The lowest BCUT2D eigenvalue weighted by molar-refractivity contribution is -0.140. The van der Waals surface area contributed by atoms with Gasteiger partial charge in [0.15, 0.2) is 0 Å². The zero-order valence-corrected chi connectivity index (χ0v) is 17.6. The zero-order chi connectivity index (χ0) is 20.6. The van der Waals surface area contributed by atoms with Gasteiger partial charge in [0.1, 0.15) is 5.78 Å². The van der Waals surface area contributed by atoms with Gasteiger partial charge < -0.3 is 9.84 Å². The van der Waals surface area contributed by atoms with Gasteiger partial charge in [-0.15, -0.1) is 0 Å². The number of carbonyl (C=O) groups is 2. The topological polar surface area (TPSA) is 63.6 Å². The van der Waals surface area contributed by atoms with Crippen molar-refractivity contribution < 1.29 is 19.4 Å². The molecular weight excluding hydrogens is 364 g/mol. The number of Topliss-reactive ketones (excluding diaryl/α,β-unsaturated/α-hetero) is 1. The fraction of sp³-hybridized carbons (Fsp3) is 0.600. The number of allylic oxidation sites excluding steroid dienone is 1. The number of rotatable bonds is 7. The fourth-order valence-corrected chi connectivity index (χ4v) is 4.85. The van der Waals surface area contributed by atoms with Crippen molar-refractivity contribution in [3.05, 3.63) is 47.0 Å². The summed E-state index contributed by atoms with van der Waals surface area (Å²) >= 11 is 0. The highest BCUT2D eigenvalue weighted by molar-refractivity contribution is 5.82. The summed E-state index contributed by atoms with van der Waals surface area (Å²) in [7, 11) is 1.42. The summed E-state index contributed by atoms with van der Waals surface area (Å²) in [4.78, 5) is 24.2. The number of esters is 1. The molecule has 0 spiro atoms. The lowest BCUT2D eigenvalue weighted by Crippen LogP contribution is -2.30. The maximum absolute atomic E-state index is 12.8. The van der Waals surface area contributed by atoms with Crippen molar-refractivity contribution in [3.63, 3.8) is 0 Å². The number of ether oxygens (including phenoxy) is 1. The quantitative estimate of drug-likeness (QED) is 0.540. The van der Waals surface area contributed by atoms with E-state index < -0.39 is 0 Å². The van der Waals surface area contributed by atoms with Crippen LogP contribution in [0, 0.1) is 11.8 Å². The lowest BCUT2D eigenvalue weighted by atomic mass is 9.73. The van der Waals surface area contributed by atoms with Crippen molar-refractivity contribution in [2.24, 2.45) is 11.8 Å². The molecule has 29 heavy (non-hydrogen) atoms. The SMILES string of the molecule is COC(=O)CCCc1ccccc1C[C@H]1C(=O)CCC[C@@H]1C=C1CCCC[C@@H]1O. The zero-order valence-electron chi connectivity index (χ0n) is 17.6. The second kappa shape index (κ2) is 10.7. The number of aliphatic hydroxyl groups is 1. The van der Waals surface area contributed by atoms with Crippen LogP contribution in [0.5, 0.6) is 0 Å². The molecule has 0 heterocycles. The Bertz CT molecular complexity index is 736. The van der Waals surface area contributed by atoms with Crippen LogP contribution in [-0.4, -0.2) is 30.1 Å². The van der Waals surface area contributed by atoms with Crippen molar-refractivity contribution >= 4 is 11.8 Å². The van der Waals surface area contributed by atoms with Crippen LogP contribution in [0.2, 0.25) is 0 Å². The molecule has 158 valence electrons. The molecule has 1 aromatic rings. The number of aryl methyl sites for hydroxylation is 1. The molecule has 1 aromatic carbocycles. The van der Waals surface area contributed by atoms with Crippen LogP contribution in [-0.2, 0) is 27.2 Å². The van der Waals surface area contributed by atoms with E-state index in [1.807, 2.05) is 12.1 Å². The van der Waals surface area contributed by atoms with E-state index in [-0.39, 0.29) is 23.9 Å². The predicted octanol–water partition coefficient (Wildman–Crippen LogP) is 4.57. The van der Waals surface area contributed by atoms with Crippen LogP contribution in [0.4, 0.5) is 0 Å². The van der Waals surface area contributed by atoms with Crippen molar-refractivity contribution in [1.82, 2.24) is 0 Å². The number of carbonyl (C=O) groups excluding carboxylic acids is 2. The number of benzene rings is 1. The van der Waals surface area contributed by atoms with Gasteiger partial charge in [0.05, 0.1) is 13.2 Å². The van der Waals surface area contributed by atoms with Gasteiger partial charge in [0.2, 0.25) is 0 Å². The van der Waals surface area contributed by atoms with Gasteiger partial charge in [-0.25, -0.2) is 0 Å². The molecule has 0 saturated heterocycles. The molecule has 2 saturated carbocycles. The van der Waals surface area contributed by atoms with Crippen LogP contribution in [0.25, 0.3) is 0 Å². The molecule has 0 unspecified atom stereocenters. The van der Waals surface area contributed by atoms with Crippen molar-refractivity contribution in [3.8, 4) is 0 Å². The molecule has 2 aliphatic carbocycles. The van der Waals surface area contributed by atoms with E-state index in [4.69, 9.17) is 4.74 Å². The molecule has 0 radical (unpaired) electrons. The Morgan fingerprint density at radius 2 is 1.93 bits per heavy atom. The summed E-state index contributed by atoms with van der Waals surface area (Å²) < 4.78 is 4.74. The van der Waals surface area contributed by atoms with E-state index >= 15 is 0 Å². The predicted molar refractivity (Wildman–Crippen MR) is 113 cm³/mol. The van der Waals surface area contributed by atoms with Gasteiger partial charge in [-0.1, -0.05) is 36.8 Å². The highest BCUT2D eigenvalue weighted by atomic mass is 16.5. The normalized spacial score (nSPS) is 26.5. The van der Waals surface area contributed by atoms with Crippen LogP contribution < -0.4 is 0 Å². The molecule has 2 fully saturated rings. The minimum absolute atomic E-state index is 0.00728. The van der Waals surface area contributed by atoms with Gasteiger partial charge in [-0.05, 0) is 74.0 Å². The van der Waals surface area contributed by atoms with Crippen molar-refractivity contribution in [1.29, 1.82) is 0 Å². The molecule has 4 heteroatoms. The van der Waals surface area contributed by atoms with E-state index in [0.29, 0.717) is 18.6 Å². The van der Waals surface area contributed by atoms with Crippen LogP contribution >= 0.6 is 0 Å². The van der Waals surface area contributed by atoms with Gasteiger partial charge in [0, 0.05) is 18.8 Å². The maximum Gasteiger partial charge on any atom is 0.305 e. The Morgan fingerprint density at radius 1 is 1.14 bits per heavy atom. The van der Waals surface area contributed by atoms with Crippen LogP contribution in [0.15, 0.2) is 35.9 Å². The first-order valence-corrected chi connectivity index (χ1v) is 11.1. The maximum atomic E-state index is 12.8. The average Bonchev–Trinajstić information content (AvgIpc) is 2.73. The monoisotopic (exact) mass is 398 g/mol. The number of ketones is 1. The Morgan fingerprint density at radius 3 is 2.69 bits per heavy atom. The second-order valence-electron chi connectivity index (χ2n) is 8.53. The van der Waals surface area contributed by atoms with Gasteiger partial charge >= 0.3 is 5.97 Å². The first kappa shape index (κ1) is 21.8. The highest BCUT2D eigenvalue weighted by Crippen LogP contribution is 2.35. The standard InChI is InChI=1S/C25H34O4/c1-29-25(28)15-7-11-18-8-2-3-9-19(18)17-22-20(12-6-14-24(22)27)16-21-10-4-5-13-23(21)26/h2-3,8-9,16,20,22-23,26H,4-7,10-15,17H2,1H3/t20-,22-,23+/m1/s1. The smallest absolute Gasteiger partial charge is 0.305 e. The van der Waals surface area contributed by atoms with E-state index in [1.165, 1.54) is 18.2 Å². The minimum atomic E-state index is -0.327. The summed E-state index contributed by atoms with van der Waals surface area (Å²) in [5.41, 5.74) is 3.58. The van der Waals surface area contributed by atoms with Crippen molar-refractivity contribution in [2.45, 2.75) is 76.7 Å². The largest absolute Gasteiger partial charge is 0.469 e. The third-order valence-electron chi connectivity index (χ3n) is 6.55. The Balaban J connectivity index is 1.73. The van der Waals surface area contributed by atoms with E-state index in [1.54, 1.807) is 0 Å².